The smallest absolute Gasteiger partial charge is 0.362 e. The van der Waals surface area contributed by atoms with Crippen molar-refractivity contribution in [3.05, 3.63) is 100 Å². The maximum Gasteiger partial charge on any atom is 0.416 e. The summed E-state index contributed by atoms with van der Waals surface area (Å²) >= 11 is 0. The first-order chi connectivity index (χ1) is 17.1. The molecule has 3 rings (SSSR count). The molecule has 186 valence electrons. The average Bonchev–Trinajstić information content (AvgIpc) is 2.81. The van der Waals surface area contributed by atoms with Gasteiger partial charge in [0.1, 0.15) is 5.69 Å². The summed E-state index contributed by atoms with van der Waals surface area (Å²) < 4.78 is 55.4. The predicted octanol–water partition coefficient (Wildman–Crippen LogP) is 5.51. The van der Waals surface area contributed by atoms with E-state index in [-0.39, 0.29) is 28.5 Å². The van der Waals surface area contributed by atoms with Crippen molar-refractivity contribution in [2.45, 2.75) is 13.1 Å². The van der Waals surface area contributed by atoms with Crippen molar-refractivity contribution in [3.63, 3.8) is 0 Å². The molecule has 0 spiro atoms. The summed E-state index contributed by atoms with van der Waals surface area (Å²) in [6.07, 6.45) is 2.73. The van der Waals surface area contributed by atoms with E-state index >= 15 is 0 Å². The van der Waals surface area contributed by atoms with Crippen LogP contribution >= 0.6 is 0 Å². The molecule has 36 heavy (non-hydrogen) atoms. The second-order valence-electron chi connectivity index (χ2n) is 7.49. The van der Waals surface area contributed by atoms with Crippen molar-refractivity contribution in [2.24, 2.45) is 4.99 Å². The first-order valence-corrected chi connectivity index (χ1v) is 10.5. The number of rotatable bonds is 8. The molecule has 0 fully saturated rings. The van der Waals surface area contributed by atoms with E-state index in [1.807, 2.05) is 0 Å². The molecule has 0 aliphatic heterocycles. The molecule has 0 saturated carbocycles. The minimum Gasteiger partial charge on any atom is -0.362 e. The van der Waals surface area contributed by atoms with Crippen LogP contribution in [0.1, 0.15) is 18.2 Å². The highest BCUT2D eigenvalue weighted by molar-refractivity contribution is 5.98. The molecular weight excluding hydrogens is 476 g/mol. The highest BCUT2D eigenvalue weighted by atomic mass is 19.4. The first-order valence-electron chi connectivity index (χ1n) is 10.5. The summed E-state index contributed by atoms with van der Waals surface area (Å²) in [6.45, 7) is 1.43. The van der Waals surface area contributed by atoms with Crippen LogP contribution in [0.25, 0.3) is 11.4 Å². The topological polar surface area (TPSA) is 95.2 Å². The number of nitrogens with zero attached hydrogens (tertiary/aromatic N) is 3. The third kappa shape index (κ3) is 6.75. The normalized spacial score (nSPS) is 12.3. The lowest BCUT2D eigenvalue weighted by atomic mass is 10.1. The van der Waals surface area contributed by atoms with Crippen molar-refractivity contribution >= 4 is 29.0 Å². The van der Waals surface area contributed by atoms with Gasteiger partial charge in [0.25, 0.3) is 0 Å². The van der Waals surface area contributed by atoms with E-state index in [1.54, 1.807) is 31.6 Å². The van der Waals surface area contributed by atoms with Gasteiger partial charge in [-0.05, 0) is 55.5 Å². The summed E-state index contributed by atoms with van der Waals surface area (Å²) in [5, 5.41) is 17.6. The maximum absolute atomic E-state index is 14.9. The fourth-order valence-electron chi connectivity index (χ4n) is 3.09. The van der Waals surface area contributed by atoms with E-state index in [0.29, 0.717) is 5.69 Å². The Kier molecular flexibility index (Phi) is 8.15. The Morgan fingerprint density at radius 1 is 1.14 bits per heavy atom. The van der Waals surface area contributed by atoms with E-state index in [1.165, 1.54) is 43.5 Å². The summed E-state index contributed by atoms with van der Waals surface area (Å²) in [5.74, 6) is -0.640. The molecule has 11 heteroatoms. The molecule has 2 aromatic carbocycles. The molecule has 0 unspecified atom stereocenters. The van der Waals surface area contributed by atoms with Gasteiger partial charge in [0.2, 0.25) is 5.43 Å². The SMILES string of the molecule is C/N=C\C=C/Nc1ccc(-n2ccc(=O)c(/C(=C/C(C)=N)Nc3cccc(C(F)(F)F)c3)n2)c(F)c1. The number of nitrogens with one attached hydrogen (secondary N) is 3. The molecule has 0 saturated heterocycles. The van der Waals surface area contributed by atoms with Gasteiger partial charge in [-0.3, -0.25) is 9.79 Å². The van der Waals surface area contributed by atoms with Crippen LogP contribution < -0.4 is 16.1 Å². The number of hydrogen-bond donors (Lipinski definition) is 3. The Hall–Kier alpha value is -4.54. The summed E-state index contributed by atoms with van der Waals surface area (Å²) in [7, 11) is 1.61. The van der Waals surface area contributed by atoms with Gasteiger partial charge in [-0.15, -0.1) is 0 Å². The summed E-state index contributed by atoms with van der Waals surface area (Å²) in [4.78, 5) is 16.4. The van der Waals surface area contributed by atoms with Crippen LogP contribution in [0.5, 0.6) is 0 Å². The zero-order chi connectivity index (χ0) is 26.3. The van der Waals surface area contributed by atoms with Gasteiger partial charge in [-0.2, -0.15) is 18.3 Å². The van der Waals surface area contributed by atoms with Crippen LogP contribution in [0.4, 0.5) is 28.9 Å². The van der Waals surface area contributed by atoms with Crippen molar-refractivity contribution in [3.8, 4) is 5.69 Å². The zero-order valence-corrected chi connectivity index (χ0v) is 19.3. The number of aromatic nitrogens is 2. The van der Waals surface area contributed by atoms with Gasteiger partial charge in [-0.1, -0.05) is 6.07 Å². The molecular formula is C25H22F4N6O. The second-order valence-corrected chi connectivity index (χ2v) is 7.49. The molecule has 3 N–H and O–H groups in total. The highest BCUT2D eigenvalue weighted by Crippen LogP contribution is 2.31. The van der Waals surface area contributed by atoms with E-state index in [9.17, 15) is 22.4 Å². The molecule has 0 radical (unpaired) electrons. The van der Waals surface area contributed by atoms with Gasteiger partial charge in [-0.25, -0.2) is 9.07 Å². The highest BCUT2D eigenvalue weighted by Gasteiger charge is 2.30. The average molecular weight is 498 g/mol. The maximum atomic E-state index is 14.9. The number of alkyl halides is 3. The molecule has 0 aliphatic rings. The quantitative estimate of drug-likeness (QED) is 0.282. The van der Waals surface area contributed by atoms with Crippen LogP contribution in [0.3, 0.4) is 0 Å². The van der Waals surface area contributed by atoms with E-state index in [2.05, 4.69) is 20.7 Å². The fraction of sp³-hybridized carbons (Fsp3) is 0.120. The van der Waals surface area contributed by atoms with Crippen LogP contribution in [0.2, 0.25) is 0 Å². The molecule has 0 atom stereocenters. The zero-order valence-electron chi connectivity index (χ0n) is 19.3. The molecule has 3 aromatic rings. The largest absolute Gasteiger partial charge is 0.416 e. The third-order valence-electron chi connectivity index (χ3n) is 4.67. The van der Waals surface area contributed by atoms with Gasteiger partial charge in [0.15, 0.2) is 11.5 Å². The lowest BCUT2D eigenvalue weighted by Crippen LogP contribution is -2.19. The van der Waals surface area contributed by atoms with Crippen LogP contribution in [-0.4, -0.2) is 28.8 Å². The number of benzene rings is 2. The molecule has 1 heterocycles. The number of anilines is 2. The Bertz CT molecular complexity index is 1410. The van der Waals surface area contributed by atoms with Gasteiger partial charge < -0.3 is 16.0 Å². The third-order valence-corrected chi connectivity index (χ3v) is 4.67. The summed E-state index contributed by atoms with van der Waals surface area (Å²) in [5.41, 5.74) is -1.12. The van der Waals surface area contributed by atoms with Gasteiger partial charge in [0.05, 0.1) is 11.3 Å². The van der Waals surface area contributed by atoms with Gasteiger partial charge >= 0.3 is 6.18 Å². The Labute approximate surface area is 204 Å². The minimum atomic E-state index is -4.56. The second kappa shape index (κ2) is 11.3. The number of halogens is 4. The fourth-order valence-corrected chi connectivity index (χ4v) is 3.09. The molecule has 0 bridgehead atoms. The van der Waals surface area contributed by atoms with E-state index in [0.717, 1.165) is 22.9 Å². The number of hydrogen-bond acceptors (Lipinski definition) is 6. The van der Waals surface area contributed by atoms with Crippen molar-refractivity contribution in [1.29, 1.82) is 5.41 Å². The Morgan fingerprint density at radius 3 is 2.58 bits per heavy atom. The number of aliphatic imine (C=N–C) groups is 1. The van der Waals surface area contributed by atoms with Crippen LogP contribution in [-0.2, 0) is 6.18 Å². The summed E-state index contributed by atoms with van der Waals surface area (Å²) in [6, 6.07) is 9.83. The van der Waals surface area contributed by atoms with Crippen molar-refractivity contribution < 1.29 is 17.6 Å². The van der Waals surface area contributed by atoms with Crippen LogP contribution in [0, 0.1) is 11.2 Å². The Balaban J connectivity index is 1.99. The molecule has 0 aliphatic carbocycles. The minimum absolute atomic E-state index is 0.0115. The standard InChI is InChI=1S/C25H22F4N6O/c1-16(30)13-21(33-19-6-3-5-17(14-19)25(27,28)29)24-23(36)9-12-35(34-24)22-8-7-18(15-20(22)26)32-11-4-10-31-2/h3-15,30,32-33H,1-2H3/b11-4-,21-13-,30-16?,31-10-. The van der Waals surface area contributed by atoms with Crippen molar-refractivity contribution in [1.82, 2.24) is 9.78 Å². The lowest BCUT2D eigenvalue weighted by molar-refractivity contribution is -0.137. The lowest BCUT2D eigenvalue weighted by Gasteiger charge is -2.14. The predicted molar refractivity (Wildman–Crippen MR) is 133 cm³/mol. The Morgan fingerprint density at radius 2 is 1.92 bits per heavy atom. The van der Waals surface area contributed by atoms with Crippen LogP contribution in [0.15, 0.2) is 82.9 Å². The molecule has 0 amide bonds. The van der Waals surface area contributed by atoms with Crippen molar-refractivity contribution in [2.75, 3.05) is 17.7 Å². The van der Waals surface area contributed by atoms with E-state index in [4.69, 9.17) is 5.41 Å². The van der Waals surface area contributed by atoms with E-state index < -0.39 is 23.0 Å². The monoisotopic (exact) mass is 498 g/mol. The molecule has 7 nitrogen and oxygen atoms in total. The van der Waals surface area contributed by atoms with Gasteiger partial charge in [0, 0.05) is 48.8 Å². The molecule has 1 aromatic heterocycles. The first kappa shape index (κ1) is 26.1. The number of allylic oxidation sites excluding steroid dienone is 2.